The van der Waals surface area contributed by atoms with Crippen molar-refractivity contribution < 1.29 is 14.3 Å². The Balaban J connectivity index is 1.52. The number of aromatic amines is 1. The van der Waals surface area contributed by atoms with Gasteiger partial charge in [0.1, 0.15) is 12.4 Å². The number of benzene rings is 2. The quantitative estimate of drug-likeness (QED) is 0.344. The van der Waals surface area contributed by atoms with E-state index < -0.39 is 9.89 Å². The number of carbonyl (C=O) groups excluding carboxylic acids is 1. The Morgan fingerprint density at radius 2 is 2.09 bits per heavy atom. The first-order chi connectivity index (χ1) is 16.2. The summed E-state index contributed by atoms with van der Waals surface area (Å²) in [5.41, 5.74) is 4.81. The highest BCUT2D eigenvalue weighted by Crippen LogP contribution is 2.50. The monoisotopic (exact) mass is 584 g/mol. The van der Waals surface area contributed by atoms with E-state index in [0.717, 1.165) is 35.0 Å². The van der Waals surface area contributed by atoms with Crippen molar-refractivity contribution in [2.24, 2.45) is 5.92 Å². The number of piperidine rings is 1. The zero-order chi connectivity index (χ0) is 24.1. The third-order valence-corrected chi connectivity index (χ3v) is 8.03. The summed E-state index contributed by atoms with van der Waals surface area (Å²) in [5.74, 6) is 1.03. The van der Waals surface area contributed by atoms with Crippen molar-refractivity contribution in [2.45, 2.75) is 28.5 Å². The van der Waals surface area contributed by atoms with Crippen molar-refractivity contribution in [3.05, 3.63) is 63.8 Å². The molecule has 2 aromatic carbocycles. The molecule has 2 atom stereocenters. The van der Waals surface area contributed by atoms with Gasteiger partial charge in [-0.2, -0.15) is 0 Å². The lowest BCUT2D eigenvalue weighted by Crippen LogP contribution is -2.55. The number of fused-ring (bicyclic) bond motifs is 4. The number of methoxy groups -OCH3 is 1. The van der Waals surface area contributed by atoms with Crippen molar-refractivity contribution in [2.75, 3.05) is 26.8 Å². The van der Waals surface area contributed by atoms with Crippen molar-refractivity contribution >= 4 is 67.7 Å². The molecule has 180 valence electrons. The van der Waals surface area contributed by atoms with Gasteiger partial charge < -0.3 is 19.4 Å². The van der Waals surface area contributed by atoms with Gasteiger partial charge in [0, 0.05) is 39.6 Å². The maximum absolute atomic E-state index is 12.8. The van der Waals surface area contributed by atoms with Crippen LogP contribution in [0.5, 0.6) is 5.75 Å². The average Bonchev–Trinajstić information content (AvgIpc) is 3.16. The predicted octanol–water partition coefficient (Wildman–Crippen LogP) is 6.80. The van der Waals surface area contributed by atoms with E-state index in [1.54, 1.807) is 12.0 Å². The second-order valence-corrected chi connectivity index (χ2v) is 12.5. The fourth-order valence-corrected chi connectivity index (χ4v) is 6.13. The van der Waals surface area contributed by atoms with Gasteiger partial charge in [0.25, 0.3) is 0 Å². The lowest BCUT2D eigenvalue weighted by Gasteiger charge is -2.50. The third kappa shape index (κ3) is 4.50. The molecular formula is C25H24BrCl3N2O3. The third-order valence-electron chi connectivity index (χ3n) is 7.21. The lowest BCUT2D eigenvalue weighted by molar-refractivity contribution is 0.0539. The van der Waals surface area contributed by atoms with E-state index in [2.05, 4.69) is 51.2 Å². The number of amides is 1. The van der Waals surface area contributed by atoms with Crippen LogP contribution in [0, 0.1) is 5.92 Å². The largest absolute Gasteiger partial charge is 0.497 e. The van der Waals surface area contributed by atoms with E-state index >= 15 is 0 Å². The van der Waals surface area contributed by atoms with Crippen LogP contribution in [0.15, 0.2) is 46.9 Å². The van der Waals surface area contributed by atoms with E-state index in [-0.39, 0.29) is 17.9 Å². The molecule has 1 saturated heterocycles. The van der Waals surface area contributed by atoms with Crippen LogP contribution in [-0.2, 0) is 23.0 Å². The number of nitrogens with zero attached hydrogens (tertiary/aromatic N) is 1. The summed E-state index contributed by atoms with van der Waals surface area (Å²) in [6.45, 7) is 0.850. The van der Waals surface area contributed by atoms with Gasteiger partial charge in [-0.1, -0.05) is 62.9 Å². The normalized spacial score (nSPS) is 22.3. The Morgan fingerprint density at radius 3 is 2.85 bits per heavy atom. The molecule has 5 nitrogen and oxygen atoms in total. The molecule has 0 saturated carbocycles. The van der Waals surface area contributed by atoms with Gasteiger partial charge in [-0.05, 0) is 66.6 Å². The summed E-state index contributed by atoms with van der Waals surface area (Å²) in [6.07, 6.45) is 2.06. The number of hydrogen-bond donors (Lipinski definition) is 1. The van der Waals surface area contributed by atoms with Gasteiger partial charge in [0.05, 0.1) is 7.11 Å². The molecule has 34 heavy (non-hydrogen) atoms. The summed E-state index contributed by atoms with van der Waals surface area (Å²) in [4.78, 5) is 18.2. The number of ether oxygens (including phenoxy) is 2. The Kier molecular flexibility index (Phi) is 6.47. The minimum atomic E-state index is -1.63. The molecule has 1 aliphatic carbocycles. The number of nitrogens with one attached hydrogen (secondary N) is 1. The van der Waals surface area contributed by atoms with Crippen molar-refractivity contribution in [1.29, 1.82) is 0 Å². The summed E-state index contributed by atoms with van der Waals surface area (Å²) < 4.78 is 10.3. The minimum Gasteiger partial charge on any atom is -0.497 e. The molecule has 1 amide bonds. The van der Waals surface area contributed by atoms with Crippen LogP contribution in [0.25, 0.3) is 10.9 Å². The topological polar surface area (TPSA) is 54.6 Å². The second-order valence-electron chi connectivity index (χ2n) is 9.10. The van der Waals surface area contributed by atoms with Crippen LogP contribution in [0.1, 0.15) is 23.2 Å². The highest BCUT2D eigenvalue weighted by atomic mass is 79.9. The summed E-state index contributed by atoms with van der Waals surface area (Å²) in [6, 6.07) is 14.6. The molecule has 2 aliphatic rings. The van der Waals surface area contributed by atoms with Crippen LogP contribution in [-0.4, -0.2) is 46.6 Å². The molecule has 1 N–H and O–H groups in total. The molecule has 0 bridgehead atoms. The van der Waals surface area contributed by atoms with Crippen LogP contribution in [0.2, 0.25) is 0 Å². The van der Waals surface area contributed by atoms with E-state index in [1.165, 1.54) is 22.2 Å². The van der Waals surface area contributed by atoms with Gasteiger partial charge in [0.2, 0.25) is 3.79 Å². The van der Waals surface area contributed by atoms with E-state index in [0.29, 0.717) is 13.1 Å². The van der Waals surface area contributed by atoms with Crippen molar-refractivity contribution in [1.82, 2.24) is 9.88 Å². The average molecular weight is 587 g/mol. The number of hydrogen-bond acceptors (Lipinski definition) is 3. The fourth-order valence-electron chi connectivity index (χ4n) is 5.60. The number of alkyl halides is 3. The number of likely N-dealkylation sites (tertiary alicyclic amines) is 1. The van der Waals surface area contributed by atoms with E-state index in [1.807, 2.05) is 12.1 Å². The fraction of sp³-hybridized carbons (Fsp3) is 0.400. The second kappa shape index (κ2) is 9.12. The zero-order valence-electron chi connectivity index (χ0n) is 18.5. The van der Waals surface area contributed by atoms with Gasteiger partial charge in [-0.25, -0.2) is 4.79 Å². The molecule has 5 rings (SSSR count). The standard InChI is InChI=1S/C25H24BrCl3N2O3/c1-33-18-4-2-3-15(9-18)24-7-8-31(23(32)34-14-25(27,28)29)13-16(24)10-19-20-11-17(26)5-6-21(20)30-22(19)12-24/h2-6,9,11,16,30H,7-8,10,12-14H2,1H3/t16?,24-/m1/s1. The molecule has 1 fully saturated rings. The van der Waals surface area contributed by atoms with Crippen LogP contribution in [0.4, 0.5) is 4.79 Å². The number of rotatable bonds is 3. The molecule has 0 radical (unpaired) electrons. The highest BCUT2D eigenvalue weighted by Gasteiger charge is 2.49. The molecule has 3 aromatic rings. The zero-order valence-corrected chi connectivity index (χ0v) is 22.4. The number of H-pyrrole nitrogens is 1. The molecular weight excluding hydrogens is 563 g/mol. The Bertz CT molecular complexity index is 1240. The van der Waals surface area contributed by atoms with Crippen molar-refractivity contribution in [3.63, 3.8) is 0 Å². The highest BCUT2D eigenvalue weighted by molar-refractivity contribution is 9.10. The van der Waals surface area contributed by atoms with Gasteiger partial charge in [0.15, 0.2) is 0 Å². The molecule has 9 heteroatoms. The Hall–Kier alpha value is -1.60. The van der Waals surface area contributed by atoms with Gasteiger partial charge in [-0.3, -0.25) is 0 Å². The summed E-state index contributed by atoms with van der Waals surface area (Å²) in [7, 11) is 1.69. The SMILES string of the molecule is COc1cccc([C@]23CCN(C(=O)OCC(Cl)(Cl)Cl)CC2Cc2c([nH]c4ccc(Br)cc24)C3)c1. The molecule has 1 unspecified atom stereocenters. The Morgan fingerprint density at radius 1 is 1.26 bits per heavy atom. The molecule has 1 aliphatic heterocycles. The summed E-state index contributed by atoms with van der Waals surface area (Å²) >= 11 is 21.0. The smallest absolute Gasteiger partial charge is 0.409 e. The number of aromatic nitrogens is 1. The van der Waals surface area contributed by atoms with E-state index in [4.69, 9.17) is 44.3 Å². The van der Waals surface area contributed by atoms with Crippen LogP contribution >= 0.6 is 50.7 Å². The minimum absolute atomic E-state index is 0.133. The van der Waals surface area contributed by atoms with Crippen LogP contribution < -0.4 is 4.74 Å². The van der Waals surface area contributed by atoms with Crippen molar-refractivity contribution in [3.8, 4) is 5.75 Å². The first-order valence-corrected chi connectivity index (χ1v) is 13.0. The maximum atomic E-state index is 12.8. The van der Waals surface area contributed by atoms with E-state index in [9.17, 15) is 4.79 Å². The first-order valence-electron chi connectivity index (χ1n) is 11.1. The molecule has 2 heterocycles. The summed E-state index contributed by atoms with van der Waals surface area (Å²) in [5, 5.41) is 1.22. The lowest BCUT2D eigenvalue weighted by atomic mass is 9.59. The predicted molar refractivity (Wildman–Crippen MR) is 139 cm³/mol. The molecule has 0 spiro atoms. The number of halogens is 4. The van der Waals surface area contributed by atoms with Gasteiger partial charge >= 0.3 is 6.09 Å². The molecule has 1 aromatic heterocycles. The van der Waals surface area contributed by atoms with Gasteiger partial charge in [-0.15, -0.1) is 0 Å². The number of carbonyl (C=O) groups is 1. The van der Waals surface area contributed by atoms with Crippen LogP contribution in [0.3, 0.4) is 0 Å². The Labute approximate surface area is 221 Å². The maximum Gasteiger partial charge on any atom is 0.409 e. The first kappa shape index (κ1) is 24.1.